The monoisotopic (exact) mass is 321 g/mol. The normalized spacial score (nSPS) is 13.5. The van der Waals surface area contributed by atoms with Crippen LogP contribution in [0.25, 0.3) is 0 Å². The second-order valence-electron chi connectivity index (χ2n) is 3.31. The SMILES string of the molecule is COCC(CCBr)NC(=O)COCC(F)(F)F. The maximum absolute atomic E-state index is 11.7. The molecule has 0 fully saturated rings. The van der Waals surface area contributed by atoms with E-state index in [1.807, 2.05) is 0 Å². The van der Waals surface area contributed by atoms with Crippen LogP contribution >= 0.6 is 15.9 Å². The minimum Gasteiger partial charge on any atom is -0.383 e. The van der Waals surface area contributed by atoms with E-state index in [1.165, 1.54) is 7.11 Å². The number of methoxy groups -OCH3 is 1. The van der Waals surface area contributed by atoms with E-state index in [4.69, 9.17) is 4.74 Å². The number of carbonyl (C=O) groups is 1. The Kier molecular flexibility index (Phi) is 8.53. The van der Waals surface area contributed by atoms with Crippen molar-refractivity contribution in [2.75, 3.05) is 32.3 Å². The first kappa shape index (κ1) is 16.7. The average Bonchev–Trinajstić information content (AvgIpc) is 2.16. The number of hydrogen-bond acceptors (Lipinski definition) is 3. The van der Waals surface area contributed by atoms with Gasteiger partial charge in [0.25, 0.3) is 0 Å². The van der Waals surface area contributed by atoms with Gasteiger partial charge in [-0.25, -0.2) is 0 Å². The second kappa shape index (κ2) is 8.71. The van der Waals surface area contributed by atoms with E-state index in [9.17, 15) is 18.0 Å². The highest BCUT2D eigenvalue weighted by atomic mass is 79.9. The molecule has 0 aliphatic carbocycles. The number of halogens is 4. The first-order valence-corrected chi connectivity index (χ1v) is 6.00. The van der Waals surface area contributed by atoms with Gasteiger partial charge in [-0.1, -0.05) is 15.9 Å². The third kappa shape index (κ3) is 10.5. The Balaban J connectivity index is 3.81. The van der Waals surface area contributed by atoms with Crippen LogP contribution in [0.3, 0.4) is 0 Å². The molecule has 1 amide bonds. The fourth-order valence-electron chi connectivity index (χ4n) is 1.06. The summed E-state index contributed by atoms with van der Waals surface area (Å²) in [7, 11) is 1.48. The molecule has 4 nitrogen and oxygen atoms in total. The minimum absolute atomic E-state index is 0.235. The molecule has 0 saturated heterocycles. The van der Waals surface area contributed by atoms with Gasteiger partial charge in [-0.2, -0.15) is 13.2 Å². The van der Waals surface area contributed by atoms with Gasteiger partial charge in [-0.3, -0.25) is 4.79 Å². The van der Waals surface area contributed by atoms with E-state index in [1.54, 1.807) is 0 Å². The Hall–Kier alpha value is -0.340. The Labute approximate surface area is 106 Å². The Morgan fingerprint density at radius 3 is 2.59 bits per heavy atom. The lowest BCUT2D eigenvalue weighted by Crippen LogP contribution is -2.40. The third-order valence-electron chi connectivity index (χ3n) is 1.69. The zero-order valence-electron chi connectivity index (χ0n) is 9.35. The van der Waals surface area contributed by atoms with Gasteiger partial charge in [0.2, 0.25) is 5.91 Å². The van der Waals surface area contributed by atoms with E-state index >= 15 is 0 Å². The van der Waals surface area contributed by atoms with Crippen molar-refractivity contribution in [2.24, 2.45) is 0 Å². The van der Waals surface area contributed by atoms with Crippen molar-refractivity contribution in [1.82, 2.24) is 5.32 Å². The van der Waals surface area contributed by atoms with Crippen molar-refractivity contribution in [1.29, 1.82) is 0 Å². The Morgan fingerprint density at radius 1 is 1.47 bits per heavy atom. The van der Waals surface area contributed by atoms with Gasteiger partial charge in [0, 0.05) is 12.4 Å². The highest BCUT2D eigenvalue weighted by Crippen LogP contribution is 2.14. The van der Waals surface area contributed by atoms with E-state index in [2.05, 4.69) is 26.0 Å². The van der Waals surface area contributed by atoms with Gasteiger partial charge in [-0.15, -0.1) is 0 Å². The molecule has 0 aromatic heterocycles. The summed E-state index contributed by atoms with van der Waals surface area (Å²) in [6.07, 6.45) is -3.79. The van der Waals surface area contributed by atoms with Gasteiger partial charge in [0.1, 0.15) is 13.2 Å². The van der Waals surface area contributed by atoms with Crippen molar-refractivity contribution in [3.05, 3.63) is 0 Å². The molecule has 0 aromatic carbocycles. The number of amides is 1. The van der Waals surface area contributed by atoms with Crippen molar-refractivity contribution < 1.29 is 27.4 Å². The van der Waals surface area contributed by atoms with Crippen LogP contribution in [0.5, 0.6) is 0 Å². The maximum atomic E-state index is 11.7. The molecule has 0 saturated carbocycles. The van der Waals surface area contributed by atoms with Crippen LogP contribution in [-0.2, 0) is 14.3 Å². The quantitative estimate of drug-likeness (QED) is 0.689. The maximum Gasteiger partial charge on any atom is 0.411 e. The fraction of sp³-hybridized carbons (Fsp3) is 0.889. The molecular weight excluding hydrogens is 307 g/mol. The molecule has 1 atom stereocenters. The molecule has 17 heavy (non-hydrogen) atoms. The zero-order chi connectivity index (χ0) is 13.3. The van der Waals surface area contributed by atoms with Crippen LogP contribution in [0.4, 0.5) is 13.2 Å². The van der Waals surface area contributed by atoms with Gasteiger partial charge >= 0.3 is 6.18 Å². The molecule has 8 heteroatoms. The Bertz CT molecular complexity index is 220. The van der Waals surface area contributed by atoms with Gasteiger partial charge in [0.15, 0.2) is 0 Å². The minimum atomic E-state index is -4.41. The molecule has 0 rings (SSSR count). The molecule has 1 unspecified atom stereocenters. The molecule has 0 aliphatic heterocycles. The van der Waals surface area contributed by atoms with Crippen LogP contribution in [0.2, 0.25) is 0 Å². The largest absolute Gasteiger partial charge is 0.411 e. The van der Waals surface area contributed by atoms with Crippen molar-refractivity contribution in [3.63, 3.8) is 0 Å². The summed E-state index contributed by atoms with van der Waals surface area (Å²) in [5, 5.41) is 3.18. The molecule has 0 aliphatic rings. The average molecular weight is 322 g/mol. The molecule has 0 aromatic rings. The summed E-state index contributed by atoms with van der Waals surface area (Å²) in [6, 6.07) is -0.235. The van der Waals surface area contributed by atoms with E-state index in [-0.39, 0.29) is 6.04 Å². The lowest BCUT2D eigenvalue weighted by molar-refractivity contribution is -0.175. The van der Waals surface area contributed by atoms with Crippen LogP contribution in [-0.4, -0.2) is 50.4 Å². The Morgan fingerprint density at radius 2 is 2.12 bits per heavy atom. The molecular formula is C9H15BrF3NO3. The van der Waals surface area contributed by atoms with Gasteiger partial charge in [-0.05, 0) is 6.42 Å². The molecule has 1 N–H and O–H groups in total. The summed E-state index contributed by atoms with van der Waals surface area (Å²) in [4.78, 5) is 11.2. The summed E-state index contributed by atoms with van der Waals surface area (Å²) < 4.78 is 44.3. The van der Waals surface area contributed by atoms with E-state index in [0.29, 0.717) is 18.4 Å². The third-order valence-corrected chi connectivity index (χ3v) is 2.15. The summed E-state index contributed by atoms with van der Waals surface area (Å²) >= 11 is 3.20. The number of carbonyl (C=O) groups excluding carboxylic acids is 1. The molecule has 102 valence electrons. The summed E-state index contributed by atoms with van der Waals surface area (Å²) in [6.45, 7) is -1.73. The van der Waals surface area contributed by atoms with Crippen LogP contribution in [0, 0.1) is 0 Å². The smallest absolute Gasteiger partial charge is 0.383 e. The second-order valence-corrected chi connectivity index (χ2v) is 4.10. The van der Waals surface area contributed by atoms with Crippen molar-refractivity contribution in [3.8, 4) is 0 Å². The number of ether oxygens (including phenoxy) is 2. The highest BCUT2D eigenvalue weighted by molar-refractivity contribution is 9.09. The number of alkyl halides is 4. The fourth-order valence-corrected chi connectivity index (χ4v) is 1.61. The first-order valence-electron chi connectivity index (χ1n) is 4.87. The van der Waals surface area contributed by atoms with Crippen LogP contribution < -0.4 is 5.32 Å². The predicted molar refractivity (Wildman–Crippen MR) is 59.1 cm³/mol. The van der Waals surface area contributed by atoms with Crippen LogP contribution in [0.1, 0.15) is 6.42 Å². The van der Waals surface area contributed by atoms with Gasteiger partial charge in [0.05, 0.1) is 12.6 Å². The summed E-state index contributed by atoms with van der Waals surface area (Å²) in [5.41, 5.74) is 0. The number of nitrogens with one attached hydrogen (secondary N) is 1. The van der Waals surface area contributed by atoms with E-state index in [0.717, 1.165) is 0 Å². The molecule has 0 radical (unpaired) electrons. The zero-order valence-corrected chi connectivity index (χ0v) is 10.9. The molecule has 0 heterocycles. The van der Waals surface area contributed by atoms with Crippen LogP contribution in [0.15, 0.2) is 0 Å². The summed E-state index contributed by atoms with van der Waals surface area (Å²) in [5.74, 6) is -0.586. The van der Waals surface area contributed by atoms with E-state index < -0.39 is 25.3 Å². The lowest BCUT2D eigenvalue weighted by Gasteiger charge is -2.16. The topological polar surface area (TPSA) is 47.6 Å². The predicted octanol–water partition coefficient (Wildman–Crippen LogP) is 1.48. The van der Waals surface area contributed by atoms with Crippen molar-refractivity contribution in [2.45, 2.75) is 18.6 Å². The number of rotatable bonds is 8. The van der Waals surface area contributed by atoms with Gasteiger partial charge < -0.3 is 14.8 Å². The standard InChI is InChI=1S/C9H15BrF3NO3/c1-16-4-7(2-3-10)14-8(15)5-17-6-9(11,12)13/h7H,2-6H2,1H3,(H,14,15). The lowest BCUT2D eigenvalue weighted by atomic mass is 10.2. The first-order chi connectivity index (χ1) is 7.89. The highest BCUT2D eigenvalue weighted by Gasteiger charge is 2.27. The molecule has 0 bridgehead atoms. The number of hydrogen-bond donors (Lipinski definition) is 1. The van der Waals surface area contributed by atoms with Crippen molar-refractivity contribution >= 4 is 21.8 Å². The molecule has 0 spiro atoms.